The maximum atomic E-state index is 13.1. The molecule has 1 atom stereocenters. The van der Waals surface area contributed by atoms with Crippen LogP contribution in [0.4, 0.5) is 0 Å². The molecule has 1 unspecified atom stereocenters. The molecule has 2 aromatic heterocycles. The minimum atomic E-state index is -3.55. The number of aromatic nitrogens is 1. The number of rotatable bonds is 6. The second kappa shape index (κ2) is 10.1. The Morgan fingerprint density at radius 3 is 2.89 bits per heavy atom. The van der Waals surface area contributed by atoms with Crippen molar-refractivity contribution in [1.82, 2.24) is 14.8 Å². The molecule has 27 heavy (non-hydrogen) atoms. The van der Waals surface area contributed by atoms with E-state index in [-0.39, 0.29) is 51.1 Å². The van der Waals surface area contributed by atoms with E-state index in [2.05, 4.69) is 5.32 Å². The molecule has 0 spiro atoms. The first-order valence-corrected chi connectivity index (χ1v) is 8.74. The number of thiophene rings is 1. The Balaban J connectivity index is 0.00000560. The summed E-state index contributed by atoms with van der Waals surface area (Å²) in [7, 11) is 0. The third-order valence-electron chi connectivity index (χ3n) is 3.73. The first-order valence-electron chi connectivity index (χ1n) is 14.4. The summed E-state index contributed by atoms with van der Waals surface area (Å²) in [4.78, 5) is 26.3. The van der Waals surface area contributed by atoms with Crippen LogP contribution in [0, 0.1) is 0 Å². The molecule has 142 valence electrons. The number of carbonyl (C=O) groups excluding carboxylic acids is 1. The van der Waals surface area contributed by atoms with Crippen molar-refractivity contribution in [3.05, 3.63) is 27.4 Å². The Hall–Kier alpha value is -0.860. The van der Waals surface area contributed by atoms with E-state index >= 15 is 0 Å². The van der Waals surface area contributed by atoms with Crippen LogP contribution in [0.1, 0.15) is 73.5 Å². The van der Waals surface area contributed by atoms with Crippen LogP contribution < -0.4 is 45.5 Å². The summed E-state index contributed by atoms with van der Waals surface area (Å²) >= 11 is 0.960. The number of nitrogens with zero attached hydrogens (tertiary/aromatic N) is 2. The summed E-state index contributed by atoms with van der Waals surface area (Å²) in [6.45, 7) is -9.06. The van der Waals surface area contributed by atoms with E-state index in [4.69, 9.17) is 17.8 Å². The summed E-state index contributed by atoms with van der Waals surface area (Å²) < 4.78 is 104. The van der Waals surface area contributed by atoms with Crippen molar-refractivity contribution < 1.29 is 57.3 Å². The van der Waals surface area contributed by atoms with Crippen molar-refractivity contribution in [2.24, 2.45) is 0 Å². The number of hydrogen-bond acceptors (Lipinski definition) is 5. The third kappa shape index (κ3) is 4.95. The van der Waals surface area contributed by atoms with Crippen molar-refractivity contribution in [1.29, 1.82) is 0 Å². The number of amides is 1. The molecule has 0 saturated carbocycles. The van der Waals surface area contributed by atoms with Gasteiger partial charge >= 0.3 is 29.6 Å². The van der Waals surface area contributed by atoms with Crippen LogP contribution >= 0.6 is 11.3 Å². The summed E-state index contributed by atoms with van der Waals surface area (Å²) in [5.41, 5.74) is -1.97. The third-order valence-corrected chi connectivity index (χ3v) is 4.65. The fourth-order valence-electron chi connectivity index (χ4n) is 2.55. The molecule has 3 rings (SSSR count). The van der Waals surface area contributed by atoms with Crippen LogP contribution in [-0.2, 0) is 0 Å². The van der Waals surface area contributed by atoms with Crippen molar-refractivity contribution in [3.8, 4) is 5.75 Å². The number of likely N-dealkylation sites (tertiary alicyclic amines) is 1. The minimum absolute atomic E-state index is 0. The molecule has 0 bridgehead atoms. The number of fused-ring (bicyclic) bond motifs is 1. The van der Waals surface area contributed by atoms with Crippen molar-refractivity contribution >= 4 is 27.5 Å². The standard InChI is InChI=1S/C19H27N3O3S.Na/c1-13(2)22-18(25)15(16(23)14-7-12-26-19(14)22)17(24)20-8-6-11-21-9-4-3-5-10-21;/h7,12-13,23H,3-6,8-11H2,1-2H3,(H,20,24);/q;+1/p-1/i1D3,3D2,4D2,5D2,9D2,10D2;. The molecular weight excluding hydrogens is 373 g/mol. The van der Waals surface area contributed by atoms with E-state index in [0.29, 0.717) is 0 Å². The van der Waals surface area contributed by atoms with Gasteiger partial charge in [-0.05, 0) is 63.9 Å². The molecule has 2 aromatic rings. The largest absolute Gasteiger partial charge is 1.00 e. The summed E-state index contributed by atoms with van der Waals surface area (Å²) in [5.74, 6) is -2.08. The normalized spacial score (nSPS) is 33.0. The predicted molar refractivity (Wildman–Crippen MR) is 103 cm³/mol. The van der Waals surface area contributed by atoms with Gasteiger partial charge in [0.25, 0.3) is 11.5 Å². The van der Waals surface area contributed by atoms with Gasteiger partial charge in [-0.3, -0.25) is 14.2 Å². The zero-order valence-electron chi connectivity index (χ0n) is 27.9. The number of pyridine rings is 1. The quantitative estimate of drug-likeness (QED) is 0.504. The molecule has 6 nitrogen and oxygen atoms in total. The molecule has 0 aliphatic carbocycles. The van der Waals surface area contributed by atoms with Gasteiger partial charge in [0.05, 0.1) is 5.56 Å². The van der Waals surface area contributed by atoms with E-state index < -0.39 is 80.9 Å². The molecule has 1 amide bonds. The average molecular weight is 413 g/mol. The second-order valence-electron chi connectivity index (χ2n) is 5.55. The van der Waals surface area contributed by atoms with Crippen LogP contribution in [0.25, 0.3) is 10.2 Å². The molecule has 1 aliphatic heterocycles. The van der Waals surface area contributed by atoms with Gasteiger partial charge in [0.2, 0.25) is 0 Å². The zero-order chi connectivity index (χ0) is 30.1. The fourth-order valence-corrected chi connectivity index (χ4v) is 3.52. The maximum absolute atomic E-state index is 13.1. The Bertz CT molecular complexity index is 1310. The van der Waals surface area contributed by atoms with Crippen molar-refractivity contribution in [2.75, 3.05) is 26.1 Å². The second-order valence-corrected chi connectivity index (χ2v) is 6.45. The number of nitrogens with one attached hydrogen (secondary N) is 1. The van der Waals surface area contributed by atoms with Gasteiger partial charge in [-0.15, -0.1) is 11.3 Å². The van der Waals surface area contributed by atoms with Gasteiger partial charge in [-0.2, -0.15) is 0 Å². The Labute approximate surface area is 204 Å². The van der Waals surface area contributed by atoms with E-state index in [9.17, 15) is 14.7 Å². The molecular formula is C19H26N3NaO3S. The van der Waals surface area contributed by atoms with Gasteiger partial charge < -0.3 is 15.3 Å². The monoisotopic (exact) mass is 412 g/mol. The average Bonchev–Trinajstić information content (AvgIpc) is 3.26. The van der Waals surface area contributed by atoms with Crippen LogP contribution in [0.15, 0.2) is 16.2 Å². The molecule has 1 fully saturated rings. The van der Waals surface area contributed by atoms with Gasteiger partial charge in [0.1, 0.15) is 4.83 Å². The molecule has 0 aromatic carbocycles. The van der Waals surface area contributed by atoms with Crippen LogP contribution in [0.3, 0.4) is 0 Å². The summed E-state index contributed by atoms with van der Waals surface area (Å²) in [6.07, 6.45) is -10.8. The van der Waals surface area contributed by atoms with Crippen LogP contribution in [0.2, 0.25) is 0 Å². The first-order chi connectivity index (χ1) is 17.5. The Morgan fingerprint density at radius 1 is 1.44 bits per heavy atom. The van der Waals surface area contributed by atoms with Crippen molar-refractivity contribution in [3.63, 3.8) is 0 Å². The Morgan fingerprint density at radius 2 is 2.19 bits per heavy atom. The number of hydrogen-bond donors (Lipinski definition) is 1. The van der Waals surface area contributed by atoms with Gasteiger partial charge in [0.15, 0.2) is 0 Å². The number of piperidine rings is 1. The van der Waals surface area contributed by atoms with Gasteiger partial charge in [-0.1, -0.05) is 12.1 Å². The molecule has 1 N–H and O–H groups in total. The maximum Gasteiger partial charge on any atom is 1.00 e. The minimum Gasteiger partial charge on any atom is -0.871 e. The predicted octanol–water partition coefficient (Wildman–Crippen LogP) is -0.673. The molecule has 8 heteroatoms. The van der Waals surface area contributed by atoms with E-state index in [1.165, 1.54) is 18.4 Å². The number of carbonyl (C=O) groups is 1. The smallest absolute Gasteiger partial charge is 0.871 e. The molecule has 0 radical (unpaired) electrons. The molecule has 3 heterocycles. The Kier molecular flexibility index (Phi) is 3.82. The van der Waals surface area contributed by atoms with Crippen LogP contribution in [0.5, 0.6) is 5.75 Å². The SMILES string of the molecule is [2H]C([2H])([2H])C(C)n1c(=O)c(C(=O)NCCCN2C([2H])([2H])C([2H])([2H])C([2H])([2H])C([2H])([2H])C2([2H])[2H])c([O-])c2ccsc21.[Na+]. The van der Waals surface area contributed by atoms with E-state index in [1.807, 2.05) is 0 Å². The van der Waals surface area contributed by atoms with E-state index in [1.54, 1.807) is 0 Å². The van der Waals surface area contributed by atoms with Crippen LogP contribution in [-0.4, -0.2) is 41.5 Å². The summed E-state index contributed by atoms with van der Waals surface area (Å²) in [5, 5.41) is 16.6. The first kappa shape index (κ1) is 10.3. The zero-order valence-corrected chi connectivity index (χ0v) is 17.7. The van der Waals surface area contributed by atoms with Gasteiger partial charge in [0, 0.05) is 35.8 Å². The fraction of sp³-hybridized carbons (Fsp3) is 0.579. The molecule has 1 saturated heterocycles. The molecule has 1 aliphatic rings. The summed E-state index contributed by atoms with van der Waals surface area (Å²) in [6, 6.07) is -0.0179. The van der Waals surface area contributed by atoms with E-state index in [0.717, 1.165) is 15.9 Å². The van der Waals surface area contributed by atoms with Gasteiger partial charge in [-0.25, -0.2) is 0 Å². The van der Waals surface area contributed by atoms with Crippen molar-refractivity contribution in [2.45, 2.75) is 45.4 Å². The topological polar surface area (TPSA) is 77.4 Å².